The third-order valence-electron chi connectivity index (χ3n) is 2.74. The van der Waals surface area contributed by atoms with E-state index in [-0.39, 0.29) is 0 Å². The molecule has 0 aliphatic carbocycles. The molecule has 0 heterocycles. The quantitative estimate of drug-likeness (QED) is 0.400. The van der Waals surface area contributed by atoms with E-state index in [2.05, 4.69) is 0 Å². The lowest BCUT2D eigenvalue weighted by atomic mass is 10.0. The first-order valence-corrected chi connectivity index (χ1v) is 6.24. The Labute approximate surface area is 120 Å². The van der Waals surface area contributed by atoms with Crippen molar-refractivity contribution in [1.29, 1.82) is 0 Å². The fourth-order valence-corrected chi connectivity index (χ4v) is 1.64. The van der Waals surface area contributed by atoms with E-state index in [0.29, 0.717) is 10.6 Å². The van der Waals surface area contributed by atoms with Crippen molar-refractivity contribution in [3.05, 3.63) is 40.6 Å². The molecule has 0 radical (unpaired) electrons. The maximum Gasteiger partial charge on any atom is 0.139 e. The summed E-state index contributed by atoms with van der Waals surface area (Å²) >= 11 is 5.70. The zero-order valence-corrected chi connectivity index (χ0v) is 11.2. The Bertz CT molecular complexity index is 447. The van der Waals surface area contributed by atoms with Crippen LogP contribution in [-0.2, 0) is 0 Å². The maximum atomic E-state index is 9.68. The molecule has 0 fully saturated rings. The van der Waals surface area contributed by atoms with Crippen molar-refractivity contribution in [3.63, 3.8) is 0 Å². The normalized spacial score (nSPS) is 18.4. The van der Waals surface area contributed by atoms with Crippen molar-refractivity contribution in [2.75, 3.05) is 6.61 Å². The molecule has 0 aliphatic heterocycles. The summed E-state index contributed by atoms with van der Waals surface area (Å²) < 4.78 is 0. The molecule has 0 bridgehead atoms. The fraction of sp³-hybridized carbons (Fsp3) is 0.385. The van der Waals surface area contributed by atoms with E-state index in [1.165, 1.54) is 6.08 Å². The highest BCUT2D eigenvalue weighted by molar-refractivity contribution is 6.30. The van der Waals surface area contributed by atoms with Gasteiger partial charge < -0.3 is 30.6 Å². The molecule has 0 aliphatic rings. The molecule has 4 unspecified atom stereocenters. The third kappa shape index (κ3) is 4.45. The number of hydrogen-bond acceptors (Lipinski definition) is 6. The van der Waals surface area contributed by atoms with E-state index in [0.717, 1.165) is 0 Å². The molecule has 0 aromatic heterocycles. The van der Waals surface area contributed by atoms with Crippen LogP contribution in [0.4, 0.5) is 0 Å². The second kappa shape index (κ2) is 7.58. The van der Waals surface area contributed by atoms with Gasteiger partial charge in [0.1, 0.15) is 30.2 Å². The molecule has 0 saturated carbocycles. The second-order valence-corrected chi connectivity index (χ2v) is 4.73. The van der Waals surface area contributed by atoms with Crippen LogP contribution in [0.1, 0.15) is 5.56 Å². The Kier molecular flexibility index (Phi) is 6.41. The highest BCUT2D eigenvalue weighted by Gasteiger charge is 2.32. The minimum atomic E-state index is -1.85. The average molecular weight is 305 g/mol. The first-order valence-electron chi connectivity index (χ1n) is 5.86. The lowest BCUT2D eigenvalue weighted by Crippen LogP contribution is -2.46. The van der Waals surface area contributed by atoms with Crippen LogP contribution in [0.25, 0.3) is 6.08 Å². The van der Waals surface area contributed by atoms with E-state index in [1.807, 2.05) is 0 Å². The number of aliphatic hydroxyl groups excluding tert-OH is 6. The second-order valence-electron chi connectivity index (χ2n) is 4.30. The maximum absolute atomic E-state index is 9.68. The molecule has 4 atom stereocenters. The topological polar surface area (TPSA) is 121 Å². The Morgan fingerprint density at radius 2 is 1.60 bits per heavy atom. The Balaban J connectivity index is 2.79. The van der Waals surface area contributed by atoms with Crippen molar-refractivity contribution in [2.24, 2.45) is 0 Å². The number of aliphatic hydroxyl groups is 6. The van der Waals surface area contributed by atoms with Gasteiger partial charge >= 0.3 is 0 Å². The first-order chi connectivity index (χ1) is 9.36. The zero-order valence-electron chi connectivity index (χ0n) is 10.5. The Morgan fingerprint density at radius 1 is 1.05 bits per heavy atom. The molecule has 1 aromatic carbocycles. The van der Waals surface area contributed by atoms with Crippen LogP contribution in [-0.4, -0.2) is 61.7 Å². The molecular formula is C13H17ClO6. The van der Waals surface area contributed by atoms with Crippen molar-refractivity contribution in [1.82, 2.24) is 0 Å². The van der Waals surface area contributed by atoms with Gasteiger partial charge in [-0.05, 0) is 23.8 Å². The molecular weight excluding hydrogens is 288 g/mol. The van der Waals surface area contributed by atoms with Gasteiger partial charge in [-0.2, -0.15) is 0 Å². The summed E-state index contributed by atoms with van der Waals surface area (Å²) in [5.41, 5.74) is 0.523. The predicted molar refractivity (Wildman–Crippen MR) is 73.2 cm³/mol. The monoisotopic (exact) mass is 304 g/mol. The van der Waals surface area contributed by atoms with Crippen molar-refractivity contribution in [3.8, 4) is 0 Å². The van der Waals surface area contributed by atoms with E-state index in [9.17, 15) is 20.4 Å². The first kappa shape index (κ1) is 16.9. The van der Waals surface area contributed by atoms with Gasteiger partial charge in [-0.3, -0.25) is 0 Å². The fourth-order valence-electron chi connectivity index (χ4n) is 1.51. The van der Waals surface area contributed by atoms with E-state index in [1.54, 1.807) is 24.3 Å². The third-order valence-corrected chi connectivity index (χ3v) is 2.99. The summed E-state index contributed by atoms with van der Waals surface area (Å²) in [6.07, 6.45) is -5.89. The number of halogens is 1. The Morgan fingerprint density at radius 3 is 2.10 bits per heavy atom. The molecule has 0 saturated heterocycles. The predicted octanol–water partition coefficient (Wildman–Crippen LogP) is -0.325. The molecule has 7 heteroatoms. The lowest BCUT2D eigenvalue weighted by molar-refractivity contribution is -0.112. The van der Waals surface area contributed by atoms with Crippen LogP contribution in [0.2, 0.25) is 5.02 Å². The van der Waals surface area contributed by atoms with Crippen LogP contribution >= 0.6 is 11.6 Å². The summed E-state index contributed by atoms with van der Waals surface area (Å²) in [5.74, 6) is -0.594. The van der Waals surface area contributed by atoms with Gasteiger partial charge in [-0.15, -0.1) is 0 Å². The van der Waals surface area contributed by atoms with Gasteiger partial charge in [0.15, 0.2) is 0 Å². The van der Waals surface area contributed by atoms with Gasteiger partial charge in [-0.25, -0.2) is 0 Å². The number of benzene rings is 1. The summed E-state index contributed by atoms with van der Waals surface area (Å²) in [5, 5.41) is 56.7. The highest BCUT2D eigenvalue weighted by Crippen LogP contribution is 2.16. The van der Waals surface area contributed by atoms with Crippen LogP contribution in [0.5, 0.6) is 0 Å². The molecule has 20 heavy (non-hydrogen) atoms. The summed E-state index contributed by atoms with van der Waals surface area (Å²) in [4.78, 5) is 0. The van der Waals surface area contributed by atoms with Crippen molar-refractivity contribution in [2.45, 2.75) is 24.4 Å². The van der Waals surface area contributed by atoms with Gasteiger partial charge in [0.05, 0.1) is 6.61 Å². The van der Waals surface area contributed by atoms with Crippen LogP contribution < -0.4 is 0 Å². The number of rotatable bonds is 6. The van der Waals surface area contributed by atoms with Crippen LogP contribution in [0.3, 0.4) is 0 Å². The van der Waals surface area contributed by atoms with Crippen molar-refractivity contribution >= 4 is 17.7 Å². The van der Waals surface area contributed by atoms with E-state index >= 15 is 0 Å². The molecule has 112 valence electrons. The molecule has 1 aromatic rings. The van der Waals surface area contributed by atoms with Crippen LogP contribution in [0.15, 0.2) is 30.0 Å². The van der Waals surface area contributed by atoms with Crippen LogP contribution in [0, 0.1) is 0 Å². The Hall–Kier alpha value is -1.15. The van der Waals surface area contributed by atoms with Gasteiger partial charge in [0, 0.05) is 5.02 Å². The number of hydrogen-bond donors (Lipinski definition) is 6. The highest BCUT2D eigenvalue weighted by atomic mass is 35.5. The largest absolute Gasteiger partial charge is 0.509 e. The molecule has 6 N–H and O–H groups in total. The molecule has 1 rings (SSSR count). The van der Waals surface area contributed by atoms with Gasteiger partial charge in [0.25, 0.3) is 0 Å². The summed E-state index contributed by atoms with van der Waals surface area (Å²) in [7, 11) is 0. The van der Waals surface area contributed by atoms with Gasteiger partial charge in [0.2, 0.25) is 0 Å². The standard InChI is InChI=1S/C13H17ClO6/c14-8-3-1-7(2-4-8)5-9(16)11(18)13(20)12(19)10(17)6-15/h1-5,10-13,15-20H,6H2. The smallest absolute Gasteiger partial charge is 0.139 e. The van der Waals surface area contributed by atoms with Gasteiger partial charge in [-0.1, -0.05) is 23.7 Å². The summed E-state index contributed by atoms with van der Waals surface area (Å²) in [6.45, 7) is -0.785. The summed E-state index contributed by atoms with van der Waals surface area (Å²) in [6, 6.07) is 6.31. The van der Waals surface area contributed by atoms with Crippen molar-refractivity contribution < 1.29 is 30.6 Å². The molecule has 0 amide bonds. The minimum Gasteiger partial charge on any atom is -0.509 e. The lowest BCUT2D eigenvalue weighted by Gasteiger charge is -2.25. The van der Waals surface area contributed by atoms with E-state index < -0.39 is 36.8 Å². The van der Waals surface area contributed by atoms with E-state index in [4.69, 9.17) is 21.8 Å². The minimum absolute atomic E-state index is 0.503. The molecule has 6 nitrogen and oxygen atoms in total. The SMILES string of the molecule is OCC(O)C(O)C(O)C(O)C(O)=Cc1ccc(Cl)cc1. The zero-order chi connectivity index (χ0) is 15.3. The molecule has 0 spiro atoms. The average Bonchev–Trinajstić information content (AvgIpc) is 2.46.